The van der Waals surface area contributed by atoms with E-state index in [0.29, 0.717) is 19.3 Å². The van der Waals surface area contributed by atoms with Crippen molar-refractivity contribution in [3.63, 3.8) is 0 Å². The highest BCUT2D eigenvalue weighted by Gasteiger charge is 2.19. The molecule has 0 saturated carbocycles. The molecule has 0 amide bonds. The maximum atomic E-state index is 12.8. The normalized spacial score (nSPS) is 12.5. The monoisotopic (exact) mass is 877 g/mol. The van der Waals surface area contributed by atoms with Crippen LogP contribution in [0.1, 0.15) is 311 Å². The molecule has 6 nitrogen and oxygen atoms in total. The molecule has 62 heavy (non-hydrogen) atoms. The molecule has 2 atom stereocenters. The van der Waals surface area contributed by atoms with Gasteiger partial charge in [0, 0.05) is 19.3 Å². The van der Waals surface area contributed by atoms with E-state index in [-0.39, 0.29) is 31.1 Å². The van der Waals surface area contributed by atoms with Crippen LogP contribution >= 0.6 is 0 Å². The molecule has 0 bridgehead atoms. The first-order valence-electron chi connectivity index (χ1n) is 27.8. The third-order valence-electron chi connectivity index (χ3n) is 13.1. The van der Waals surface area contributed by atoms with Crippen molar-refractivity contribution in [3.05, 3.63) is 0 Å². The van der Waals surface area contributed by atoms with E-state index in [0.717, 1.165) is 69.6 Å². The lowest BCUT2D eigenvalue weighted by Gasteiger charge is -2.18. The largest absolute Gasteiger partial charge is 0.462 e. The van der Waals surface area contributed by atoms with Crippen LogP contribution in [0.3, 0.4) is 0 Å². The van der Waals surface area contributed by atoms with E-state index in [2.05, 4.69) is 34.6 Å². The SMILES string of the molecule is CCCCCCCCCCCCCCCCCCC(=O)OC[C@@H](COC(=O)CCCCCCCCCC(C)C)OC(=O)CCCCCCCCCCCCCCCCC(C)CC. The molecule has 6 heteroatoms. The molecule has 0 radical (unpaired) electrons. The maximum absolute atomic E-state index is 12.8. The van der Waals surface area contributed by atoms with Crippen molar-refractivity contribution in [1.29, 1.82) is 0 Å². The Kier molecular flexibility index (Phi) is 47.6. The predicted molar refractivity (Wildman–Crippen MR) is 266 cm³/mol. The zero-order valence-electron chi connectivity index (χ0n) is 42.5. The Morgan fingerprint density at radius 2 is 0.613 bits per heavy atom. The Morgan fingerprint density at radius 1 is 0.339 bits per heavy atom. The number of carbonyl (C=O) groups excluding carboxylic acids is 3. The van der Waals surface area contributed by atoms with Crippen molar-refractivity contribution in [1.82, 2.24) is 0 Å². The average molecular weight is 877 g/mol. The molecular weight excluding hydrogens is 769 g/mol. The molecule has 0 aromatic heterocycles. The van der Waals surface area contributed by atoms with E-state index in [1.807, 2.05) is 0 Å². The lowest BCUT2D eigenvalue weighted by Crippen LogP contribution is -2.30. The zero-order valence-corrected chi connectivity index (χ0v) is 42.5. The highest BCUT2D eigenvalue weighted by atomic mass is 16.6. The van der Waals surface area contributed by atoms with E-state index in [1.165, 1.54) is 199 Å². The summed E-state index contributed by atoms with van der Waals surface area (Å²) in [5.74, 6) is 0.830. The maximum Gasteiger partial charge on any atom is 0.306 e. The molecule has 368 valence electrons. The standard InChI is InChI=1S/C56H108O6/c1-6-8-9-10-11-12-13-14-15-16-20-23-26-31-36-41-46-54(57)60-49-53(50-61-55(58)47-42-37-33-28-29-34-39-44-51(3)4)62-56(59)48-43-38-32-27-24-21-18-17-19-22-25-30-35-40-45-52(5)7-2/h51-53H,6-50H2,1-5H3/t52?,53-/m0/s1. The summed E-state index contributed by atoms with van der Waals surface area (Å²) in [5.41, 5.74) is 0. The van der Waals surface area contributed by atoms with Gasteiger partial charge in [-0.05, 0) is 31.1 Å². The zero-order chi connectivity index (χ0) is 45.4. The smallest absolute Gasteiger partial charge is 0.306 e. The van der Waals surface area contributed by atoms with Crippen LogP contribution in [-0.2, 0) is 28.6 Å². The topological polar surface area (TPSA) is 78.9 Å². The lowest BCUT2D eigenvalue weighted by molar-refractivity contribution is -0.167. The van der Waals surface area contributed by atoms with Crippen LogP contribution in [0.25, 0.3) is 0 Å². The van der Waals surface area contributed by atoms with Crippen molar-refractivity contribution >= 4 is 17.9 Å². The van der Waals surface area contributed by atoms with Gasteiger partial charge in [-0.15, -0.1) is 0 Å². The van der Waals surface area contributed by atoms with Crippen molar-refractivity contribution < 1.29 is 28.6 Å². The van der Waals surface area contributed by atoms with E-state index in [9.17, 15) is 14.4 Å². The summed E-state index contributed by atoms with van der Waals surface area (Å²) in [6, 6.07) is 0. The molecule has 0 aliphatic carbocycles. The molecule has 0 heterocycles. The van der Waals surface area contributed by atoms with Crippen molar-refractivity contribution in [2.75, 3.05) is 13.2 Å². The molecule has 0 spiro atoms. The minimum absolute atomic E-state index is 0.0636. The van der Waals surface area contributed by atoms with E-state index < -0.39 is 6.10 Å². The van der Waals surface area contributed by atoms with Crippen molar-refractivity contribution in [2.45, 2.75) is 317 Å². The molecule has 0 aliphatic rings. The van der Waals surface area contributed by atoms with Gasteiger partial charge in [0.15, 0.2) is 6.10 Å². The van der Waals surface area contributed by atoms with Gasteiger partial charge in [-0.3, -0.25) is 14.4 Å². The summed E-state index contributed by atoms with van der Waals surface area (Å²) in [6.45, 7) is 11.4. The summed E-state index contributed by atoms with van der Waals surface area (Å²) in [5, 5.41) is 0. The van der Waals surface area contributed by atoms with Crippen LogP contribution in [0.5, 0.6) is 0 Å². The molecule has 0 rings (SSSR count). The molecule has 0 saturated heterocycles. The van der Waals surface area contributed by atoms with Crippen LogP contribution < -0.4 is 0 Å². The summed E-state index contributed by atoms with van der Waals surface area (Å²) in [7, 11) is 0. The summed E-state index contributed by atoms with van der Waals surface area (Å²) >= 11 is 0. The van der Waals surface area contributed by atoms with Crippen molar-refractivity contribution in [3.8, 4) is 0 Å². The van der Waals surface area contributed by atoms with E-state index >= 15 is 0 Å². The number of rotatable bonds is 50. The van der Waals surface area contributed by atoms with Gasteiger partial charge in [-0.2, -0.15) is 0 Å². The Labute approximate surface area is 387 Å². The van der Waals surface area contributed by atoms with Crippen LogP contribution in [0.4, 0.5) is 0 Å². The summed E-state index contributed by atoms with van der Waals surface area (Å²) in [6.07, 6.45) is 50.9. The fourth-order valence-corrected chi connectivity index (χ4v) is 8.49. The number of ether oxygens (including phenoxy) is 3. The number of hydrogen-bond donors (Lipinski definition) is 0. The van der Waals surface area contributed by atoms with Crippen molar-refractivity contribution in [2.24, 2.45) is 11.8 Å². The average Bonchev–Trinajstić information content (AvgIpc) is 3.26. The van der Waals surface area contributed by atoms with Crippen LogP contribution in [-0.4, -0.2) is 37.2 Å². The highest BCUT2D eigenvalue weighted by molar-refractivity contribution is 5.71. The molecule has 0 fully saturated rings. The Bertz CT molecular complexity index is 949. The van der Waals surface area contributed by atoms with Gasteiger partial charge in [0.2, 0.25) is 0 Å². The predicted octanol–water partition coefficient (Wildman–Crippen LogP) is 18.1. The van der Waals surface area contributed by atoms with Crippen LogP contribution in [0.2, 0.25) is 0 Å². The second-order valence-corrected chi connectivity index (χ2v) is 19.9. The van der Waals surface area contributed by atoms with Gasteiger partial charge >= 0.3 is 17.9 Å². The number of hydrogen-bond acceptors (Lipinski definition) is 6. The van der Waals surface area contributed by atoms with Gasteiger partial charge in [0.05, 0.1) is 0 Å². The van der Waals surface area contributed by atoms with Crippen LogP contribution in [0, 0.1) is 11.8 Å². The Hall–Kier alpha value is -1.59. The van der Waals surface area contributed by atoms with Gasteiger partial charge in [0.1, 0.15) is 13.2 Å². The molecule has 0 aromatic carbocycles. The van der Waals surface area contributed by atoms with Gasteiger partial charge in [-0.25, -0.2) is 0 Å². The summed E-state index contributed by atoms with van der Waals surface area (Å²) in [4.78, 5) is 38.0. The van der Waals surface area contributed by atoms with E-state index in [4.69, 9.17) is 14.2 Å². The second kappa shape index (κ2) is 48.9. The van der Waals surface area contributed by atoms with Gasteiger partial charge in [-0.1, -0.05) is 272 Å². The molecule has 1 unspecified atom stereocenters. The Morgan fingerprint density at radius 3 is 0.919 bits per heavy atom. The molecule has 0 aromatic rings. The van der Waals surface area contributed by atoms with Gasteiger partial charge in [0.25, 0.3) is 0 Å². The molecule has 0 aliphatic heterocycles. The highest BCUT2D eigenvalue weighted by Crippen LogP contribution is 2.18. The fraction of sp³-hybridized carbons (Fsp3) is 0.946. The van der Waals surface area contributed by atoms with Gasteiger partial charge < -0.3 is 14.2 Å². The van der Waals surface area contributed by atoms with E-state index in [1.54, 1.807) is 0 Å². The Balaban J connectivity index is 4.26. The minimum Gasteiger partial charge on any atom is -0.462 e. The number of esters is 3. The molecule has 0 N–H and O–H groups in total. The lowest BCUT2D eigenvalue weighted by atomic mass is 9.99. The summed E-state index contributed by atoms with van der Waals surface area (Å²) < 4.78 is 16.8. The quantitative estimate of drug-likeness (QED) is 0.0344. The third kappa shape index (κ3) is 47.9. The first-order valence-corrected chi connectivity index (χ1v) is 27.8. The fourth-order valence-electron chi connectivity index (χ4n) is 8.49. The first kappa shape index (κ1) is 60.4. The first-order chi connectivity index (χ1) is 30.3. The minimum atomic E-state index is -0.762. The second-order valence-electron chi connectivity index (χ2n) is 19.9. The molecular formula is C56H108O6. The third-order valence-corrected chi connectivity index (χ3v) is 13.1. The van der Waals surface area contributed by atoms with Crippen LogP contribution in [0.15, 0.2) is 0 Å². The number of unbranched alkanes of at least 4 members (excludes halogenated alkanes) is 34. The number of carbonyl (C=O) groups is 3.